The van der Waals surface area contributed by atoms with Gasteiger partial charge in [0.05, 0.1) is 18.4 Å². The third kappa shape index (κ3) is 3.74. The number of anilines is 1. The van der Waals surface area contributed by atoms with Crippen molar-refractivity contribution in [1.82, 2.24) is 0 Å². The van der Waals surface area contributed by atoms with E-state index in [1.165, 1.54) is 17.2 Å². The van der Waals surface area contributed by atoms with Crippen molar-refractivity contribution in [2.24, 2.45) is 0 Å². The van der Waals surface area contributed by atoms with Crippen LogP contribution >= 0.6 is 11.6 Å². The molecule has 1 unspecified atom stereocenters. The molecule has 172 valence electrons. The maximum atomic E-state index is 13.6. The van der Waals surface area contributed by atoms with Crippen LogP contribution in [-0.4, -0.2) is 23.4 Å². The summed E-state index contributed by atoms with van der Waals surface area (Å²) in [4.78, 5) is 28.1. The minimum Gasteiger partial charge on any atom is -0.503 e. The quantitative estimate of drug-likeness (QED) is 0.316. The van der Waals surface area contributed by atoms with Crippen molar-refractivity contribution in [3.8, 4) is 5.75 Å². The number of nitrogens with zero attached hydrogens (tertiary/aromatic N) is 1. The highest BCUT2D eigenvalue weighted by Crippen LogP contribution is 2.43. The van der Waals surface area contributed by atoms with Gasteiger partial charge in [-0.05, 0) is 55.0 Å². The summed E-state index contributed by atoms with van der Waals surface area (Å²) in [5.74, 6) is -1.15. The Kier molecular flexibility index (Phi) is 5.63. The third-order valence-electron chi connectivity index (χ3n) is 5.54. The fourth-order valence-electron chi connectivity index (χ4n) is 4.02. The highest BCUT2D eigenvalue weighted by atomic mass is 35.5. The largest absolute Gasteiger partial charge is 0.503 e. The molecule has 1 aliphatic heterocycles. The van der Waals surface area contributed by atoms with Crippen LogP contribution in [-0.2, 0) is 4.79 Å². The molecular formula is C26H20ClNO6. The van der Waals surface area contributed by atoms with Gasteiger partial charge in [-0.3, -0.25) is 14.5 Å². The predicted molar refractivity (Wildman–Crippen MR) is 126 cm³/mol. The smallest absolute Gasteiger partial charge is 0.294 e. The molecule has 4 aromatic rings. The first-order valence-electron chi connectivity index (χ1n) is 10.7. The van der Waals surface area contributed by atoms with Crippen molar-refractivity contribution in [1.29, 1.82) is 0 Å². The molecular weight excluding hydrogens is 458 g/mol. The molecule has 0 saturated carbocycles. The molecule has 0 saturated heterocycles. The Morgan fingerprint density at radius 1 is 1.15 bits per heavy atom. The lowest BCUT2D eigenvalue weighted by Gasteiger charge is -2.25. The highest BCUT2D eigenvalue weighted by molar-refractivity contribution is 6.31. The maximum Gasteiger partial charge on any atom is 0.294 e. The first kappa shape index (κ1) is 21.9. The molecule has 8 heteroatoms. The van der Waals surface area contributed by atoms with Crippen molar-refractivity contribution in [3.63, 3.8) is 0 Å². The van der Waals surface area contributed by atoms with Gasteiger partial charge in [0.2, 0.25) is 5.78 Å². The molecule has 0 radical (unpaired) electrons. The van der Waals surface area contributed by atoms with Crippen LogP contribution in [0.25, 0.3) is 11.0 Å². The SMILES string of the molecule is CCCOc1cccc(N2C(=O)C(O)=C(C(=O)c3cc4cc(Cl)ccc4o3)C2c2ccco2)c1. The Morgan fingerprint density at radius 3 is 2.76 bits per heavy atom. The first-order chi connectivity index (χ1) is 16.5. The third-order valence-corrected chi connectivity index (χ3v) is 5.77. The van der Waals surface area contributed by atoms with Gasteiger partial charge in [0.25, 0.3) is 5.91 Å². The topological polar surface area (TPSA) is 93.1 Å². The van der Waals surface area contributed by atoms with E-state index in [4.69, 9.17) is 25.2 Å². The Hall–Kier alpha value is -3.97. The van der Waals surface area contributed by atoms with Gasteiger partial charge in [-0.2, -0.15) is 0 Å². The van der Waals surface area contributed by atoms with Gasteiger partial charge in [0.15, 0.2) is 11.5 Å². The number of aliphatic hydroxyl groups excluding tert-OH is 1. The minimum absolute atomic E-state index is 0.0231. The van der Waals surface area contributed by atoms with Gasteiger partial charge < -0.3 is 18.7 Å². The minimum atomic E-state index is -0.992. The Balaban J connectivity index is 1.59. The molecule has 0 aliphatic carbocycles. The fourth-order valence-corrected chi connectivity index (χ4v) is 4.20. The number of halogens is 1. The van der Waals surface area contributed by atoms with Crippen LogP contribution in [0.15, 0.2) is 87.1 Å². The lowest BCUT2D eigenvalue weighted by molar-refractivity contribution is -0.117. The number of aliphatic hydroxyl groups is 1. The van der Waals surface area contributed by atoms with E-state index in [1.807, 2.05) is 6.92 Å². The average Bonchev–Trinajstić information content (AvgIpc) is 3.56. The molecule has 1 N–H and O–H groups in total. The standard InChI is InChI=1S/C26H20ClNO6/c1-2-10-32-18-6-3-5-17(14-18)28-23(20-7-4-11-33-20)22(25(30)26(28)31)24(29)21-13-15-12-16(27)8-9-19(15)34-21/h3-9,11-14,23,30H,2,10H2,1H3. The molecule has 7 nitrogen and oxygen atoms in total. The maximum absolute atomic E-state index is 13.6. The van der Waals surface area contributed by atoms with E-state index in [1.54, 1.807) is 54.6 Å². The van der Waals surface area contributed by atoms with Crippen molar-refractivity contribution in [2.45, 2.75) is 19.4 Å². The molecule has 3 heterocycles. The molecule has 1 atom stereocenters. The normalized spacial score (nSPS) is 16.0. The lowest BCUT2D eigenvalue weighted by atomic mass is 9.99. The zero-order valence-electron chi connectivity index (χ0n) is 18.2. The van der Waals surface area contributed by atoms with E-state index in [2.05, 4.69) is 0 Å². The molecule has 2 aromatic heterocycles. The monoisotopic (exact) mass is 477 g/mol. The number of furan rings is 2. The van der Waals surface area contributed by atoms with Gasteiger partial charge in [-0.15, -0.1) is 0 Å². The van der Waals surface area contributed by atoms with Gasteiger partial charge >= 0.3 is 0 Å². The van der Waals surface area contributed by atoms with E-state index in [-0.39, 0.29) is 11.3 Å². The average molecular weight is 478 g/mol. The van der Waals surface area contributed by atoms with E-state index < -0.39 is 23.5 Å². The second kappa shape index (κ2) is 8.76. The summed E-state index contributed by atoms with van der Waals surface area (Å²) in [6.45, 7) is 2.51. The predicted octanol–water partition coefficient (Wildman–Crippen LogP) is 6.25. The number of ketones is 1. The summed E-state index contributed by atoms with van der Waals surface area (Å²) in [6, 6.07) is 15.7. The number of rotatable bonds is 7. The van der Waals surface area contributed by atoms with E-state index in [0.717, 1.165) is 6.42 Å². The van der Waals surface area contributed by atoms with Gasteiger partial charge in [0, 0.05) is 22.2 Å². The number of Topliss-reactive ketones (excluding diaryl/α,β-unsaturated/α-hetero) is 1. The van der Waals surface area contributed by atoms with Crippen LogP contribution in [0.5, 0.6) is 5.75 Å². The fraction of sp³-hybridized carbons (Fsp3) is 0.154. The second-order valence-electron chi connectivity index (χ2n) is 7.82. The van der Waals surface area contributed by atoms with Crippen LogP contribution in [0, 0.1) is 0 Å². The summed E-state index contributed by atoms with van der Waals surface area (Å²) in [7, 11) is 0. The first-order valence-corrected chi connectivity index (χ1v) is 11.1. The van der Waals surface area contributed by atoms with Gasteiger partial charge in [0.1, 0.15) is 23.1 Å². The Labute approximate surface area is 199 Å². The zero-order chi connectivity index (χ0) is 23.8. The van der Waals surface area contributed by atoms with Crippen LogP contribution in [0.4, 0.5) is 5.69 Å². The molecule has 0 bridgehead atoms. The number of fused-ring (bicyclic) bond motifs is 1. The number of carbonyl (C=O) groups is 2. The molecule has 2 aromatic carbocycles. The number of benzene rings is 2. The van der Waals surface area contributed by atoms with Crippen LogP contribution in [0.2, 0.25) is 5.02 Å². The summed E-state index contributed by atoms with van der Waals surface area (Å²) in [5, 5.41) is 12.0. The number of amides is 1. The Bertz CT molecular complexity index is 1420. The van der Waals surface area contributed by atoms with Crippen molar-refractivity contribution in [3.05, 3.63) is 94.8 Å². The molecule has 5 rings (SSSR count). The molecule has 34 heavy (non-hydrogen) atoms. The summed E-state index contributed by atoms with van der Waals surface area (Å²) < 4.78 is 17.0. The number of ether oxygens (including phenoxy) is 1. The lowest BCUT2D eigenvalue weighted by Crippen LogP contribution is -2.30. The molecule has 1 aliphatic rings. The second-order valence-corrected chi connectivity index (χ2v) is 8.26. The number of hydrogen-bond acceptors (Lipinski definition) is 6. The highest BCUT2D eigenvalue weighted by Gasteiger charge is 2.46. The van der Waals surface area contributed by atoms with Crippen molar-refractivity contribution < 1.29 is 28.3 Å². The molecule has 0 fully saturated rings. The van der Waals surface area contributed by atoms with Crippen LogP contribution in [0.3, 0.4) is 0 Å². The zero-order valence-corrected chi connectivity index (χ0v) is 18.9. The van der Waals surface area contributed by atoms with E-state index in [0.29, 0.717) is 39.8 Å². The summed E-state index contributed by atoms with van der Waals surface area (Å²) in [6.07, 6.45) is 2.27. The number of carbonyl (C=O) groups excluding carboxylic acids is 2. The van der Waals surface area contributed by atoms with E-state index >= 15 is 0 Å². The number of hydrogen-bond donors (Lipinski definition) is 1. The summed E-state index contributed by atoms with van der Waals surface area (Å²) in [5.41, 5.74) is 0.778. The molecule has 1 amide bonds. The molecule has 0 spiro atoms. The van der Waals surface area contributed by atoms with Crippen molar-refractivity contribution in [2.75, 3.05) is 11.5 Å². The van der Waals surface area contributed by atoms with Crippen LogP contribution in [0.1, 0.15) is 35.7 Å². The van der Waals surface area contributed by atoms with E-state index in [9.17, 15) is 14.7 Å². The van der Waals surface area contributed by atoms with Crippen molar-refractivity contribution >= 4 is 39.9 Å². The van der Waals surface area contributed by atoms with Crippen LogP contribution < -0.4 is 9.64 Å². The Morgan fingerprint density at radius 2 is 2.00 bits per heavy atom. The van der Waals surface area contributed by atoms with Gasteiger partial charge in [-0.25, -0.2) is 0 Å². The van der Waals surface area contributed by atoms with Gasteiger partial charge in [-0.1, -0.05) is 24.6 Å². The summed E-state index contributed by atoms with van der Waals surface area (Å²) >= 11 is 6.05.